The summed E-state index contributed by atoms with van der Waals surface area (Å²) < 4.78 is 0. The lowest BCUT2D eigenvalue weighted by atomic mass is 10.1. The Balaban J connectivity index is 1.49. The van der Waals surface area contributed by atoms with Crippen LogP contribution in [0.4, 0.5) is 21.9 Å². The van der Waals surface area contributed by atoms with Crippen LogP contribution in [0.15, 0.2) is 54.6 Å². The molecule has 3 amide bonds. The van der Waals surface area contributed by atoms with Crippen molar-refractivity contribution in [3.63, 3.8) is 0 Å². The van der Waals surface area contributed by atoms with Crippen LogP contribution >= 0.6 is 0 Å². The third-order valence-corrected chi connectivity index (χ3v) is 4.70. The number of hydrogen-bond acceptors (Lipinski definition) is 3. The predicted octanol–water partition coefficient (Wildman–Crippen LogP) is 4.03. The van der Waals surface area contributed by atoms with Crippen LogP contribution in [0.25, 0.3) is 0 Å². The molecule has 2 aromatic carbocycles. The maximum atomic E-state index is 12.4. The number of benzene rings is 2. The van der Waals surface area contributed by atoms with Crippen molar-refractivity contribution >= 4 is 29.0 Å². The average molecular weight is 380 g/mol. The van der Waals surface area contributed by atoms with Gasteiger partial charge < -0.3 is 20.4 Å². The largest absolute Gasteiger partial charge is 0.368 e. The Morgan fingerprint density at radius 1 is 0.857 bits per heavy atom. The van der Waals surface area contributed by atoms with Gasteiger partial charge in [0.1, 0.15) is 0 Å². The molecule has 6 nitrogen and oxygen atoms in total. The van der Waals surface area contributed by atoms with Gasteiger partial charge in [0, 0.05) is 49.7 Å². The molecule has 0 spiro atoms. The van der Waals surface area contributed by atoms with Crippen LogP contribution in [0.5, 0.6) is 0 Å². The third-order valence-electron chi connectivity index (χ3n) is 4.70. The van der Waals surface area contributed by atoms with Gasteiger partial charge in [-0.25, -0.2) is 4.79 Å². The zero-order chi connectivity index (χ0) is 19.9. The lowest BCUT2D eigenvalue weighted by Gasteiger charge is -2.36. The van der Waals surface area contributed by atoms with Gasteiger partial charge in [-0.2, -0.15) is 0 Å². The highest BCUT2D eigenvalue weighted by Crippen LogP contribution is 2.20. The quantitative estimate of drug-likeness (QED) is 0.823. The SMILES string of the molecule is CC(C)CC(=O)Nc1ccc(N2CCN(C(=O)Nc3ccccc3)CC2)cc1. The van der Waals surface area contributed by atoms with Crippen molar-refractivity contribution in [2.75, 3.05) is 41.7 Å². The first kappa shape index (κ1) is 19.7. The van der Waals surface area contributed by atoms with Crippen molar-refractivity contribution in [2.24, 2.45) is 5.92 Å². The predicted molar refractivity (Wildman–Crippen MR) is 114 cm³/mol. The van der Waals surface area contributed by atoms with E-state index in [0.717, 1.165) is 30.2 Å². The molecule has 0 saturated carbocycles. The van der Waals surface area contributed by atoms with E-state index in [1.165, 1.54) is 0 Å². The minimum atomic E-state index is -0.0611. The van der Waals surface area contributed by atoms with Crippen LogP contribution in [-0.4, -0.2) is 43.0 Å². The molecule has 0 radical (unpaired) electrons. The average Bonchev–Trinajstić information content (AvgIpc) is 2.69. The van der Waals surface area contributed by atoms with E-state index in [0.29, 0.717) is 25.4 Å². The molecule has 28 heavy (non-hydrogen) atoms. The topological polar surface area (TPSA) is 64.7 Å². The normalized spacial score (nSPS) is 14.1. The molecular weight excluding hydrogens is 352 g/mol. The molecule has 2 aromatic rings. The molecule has 0 unspecified atom stereocenters. The molecular formula is C22H28N4O2. The molecule has 1 fully saturated rings. The zero-order valence-electron chi connectivity index (χ0n) is 16.5. The van der Waals surface area contributed by atoms with E-state index in [4.69, 9.17) is 0 Å². The van der Waals surface area contributed by atoms with E-state index >= 15 is 0 Å². The lowest BCUT2D eigenvalue weighted by molar-refractivity contribution is -0.116. The summed E-state index contributed by atoms with van der Waals surface area (Å²) in [6.45, 7) is 6.96. The third kappa shape index (κ3) is 5.49. The van der Waals surface area contributed by atoms with Crippen LogP contribution in [0.3, 0.4) is 0 Å². The molecule has 6 heteroatoms. The van der Waals surface area contributed by atoms with Gasteiger partial charge in [0.05, 0.1) is 0 Å². The number of hydrogen-bond donors (Lipinski definition) is 2. The van der Waals surface area contributed by atoms with Gasteiger partial charge in [0.15, 0.2) is 0 Å². The Kier molecular flexibility index (Phi) is 6.53. The first-order valence-corrected chi connectivity index (χ1v) is 9.77. The molecule has 2 N–H and O–H groups in total. The van der Waals surface area contributed by atoms with E-state index < -0.39 is 0 Å². The number of amides is 3. The minimum absolute atomic E-state index is 0.0424. The van der Waals surface area contributed by atoms with Gasteiger partial charge >= 0.3 is 6.03 Å². The summed E-state index contributed by atoms with van der Waals surface area (Å²) >= 11 is 0. The van der Waals surface area contributed by atoms with Crippen molar-refractivity contribution in [1.82, 2.24) is 4.90 Å². The summed E-state index contributed by atoms with van der Waals surface area (Å²) in [4.78, 5) is 28.4. The van der Waals surface area contributed by atoms with E-state index in [-0.39, 0.29) is 11.9 Å². The van der Waals surface area contributed by atoms with E-state index in [9.17, 15) is 9.59 Å². The Morgan fingerprint density at radius 2 is 1.46 bits per heavy atom. The highest BCUT2D eigenvalue weighted by atomic mass is 16.2. The fourth-order valence-electron chi connectivity index (χ4n) is 3.23. The molecule has 1 aliphatic heterocycles. The molecule has 0 atom stereocenters. The minimum Gasteiger partial charge on any atom is -0.368 e. The molecule has 1 saturated heterocycles. The van der Waals surface area contributed by atoms with Crippen LogP contribution in [0.1, 0.15) is 20.3 Å². The van der Waals surface area contributed by atoms with E-state index in [2.05, 4.69) is 15.5 Å². The number of carbonyl (C=O) groups is 2. The summed E-state index contributed by atoms with van der Waals surface area (Å²) in [5.41, 5.74) is 2.73. The van der Waals surface area contributed by atoms with Crippen LogP contribution < -0.4 is 15.5 Å². The Labute approximate surface area is 166 Å². The molecule has 1 aliphatic rings. The lowest BCUT2D eigenvalue weighted by Crippen LogP contribution is -2.50. The number of nitrogens with zero attached hydrogens (tertiary/aromatic N) is 2. The Bertz CT molecular complexity index is 782. The molecule has 0 bridgehead atoms. The first-order valence-electron chi connectivity index (χ1n) is 9.77. The standard InChI is InChI=1S/C22H28N4O2/c1-17(2)16-21(27)23-19-8-10-20(11-9-19)25-12-14-26(15-13-25)22(28)24-18-6-4-3-5-7-18/h3-11,17H,12-16H2,1-2H3,(H,23,27)(H,24,28). The fraction of sp³-hybridized carbons (Fsp3) is 0.364. The maximum absolute atomic E-state index is 12.4. The van der Waals surface area contributed by atoms with Crippen molar-refractivity contribution in [3.8, 4) is 0 Å². The van der Waals surface area contributed by atoms with Crippen molar-refractivity contribution in [1.29, 1.82) is 0 Å². The second kappa shape index (κ2) is 9.26. The number of urea groups is 1. The number of nitrogens with one attached hydrogen (secondary N) is 2. The highest BCUT2D eigenvalue weighted by Gasteiger charge is 2.21. The second-order valence-corrected chi connectivity index (χ2v) is 7.46. The fourth-order valence-corrected chi connectivity index (χ4v) is 3.23. The summed E-state index contributed by atoms with van der Waals surface area (Å²) in [5, 5.41) is 5.86. The van der Waals surface area contributed by atoms with Crippen LogP contribution in [0, 0.1) is 5.92 Å². The molecule has 1 heterocycles. The Hall–Kier alpha value is -3.02. The van der Waals surface area contributed by atoms with Gasteiger partial charge in [0.2, 0.25) is 5.91 Å². The molecule has 148 valence electrons. The monoisotopic (exact) mass is 380 g/mol. The molecule has 0 aromatic heterocycles. The number of para-hydroxylation sites is 1. The summed E-state index contributed by atoms with van der Waals surface area (Å²) in [5.74, 6) is 0.385. The van der Waals surface area contributed by atoms with Crippen molar-refractivity contribution in [3.05, 3.63) is 54.6 Å². The molecule has 0 aliphatic carbocycles. The molecule has 3 rings (SSSR count). The smallest absolute Gasteiger partial charge is 0.321 e. The van der Waals surface area contributed by atoms with Gasteiger partial charge in [-0.3, -0.25) is 4.79 Å². The highest BCUT2D eigenvalue weighted by molar-refractivity contribution is 5.91. The van der Waals surface area contributed by atoms with Gasteiger partial charge in [-0.15, -0.1) is 0 Å². The van der Waals surface area contributed by atoms with Crippen molar-refractivity contribution < 1.29 is 9.59 Å². The number of piperazine rings is 1. The number of anilines is 3. The number of carbonyl (C=O) groups excluding carboxylic acids is 2. The van der Waals surface area contributed by atoms with E-state index in [1.807, 2.05) is 73.3 Å². The van der Waals surface area contributed by atoms with Crippen LogP contribution in [-0.2, 0) is 4.79 Å². The first-order chi connectivity index (χ1) is 13.5. The number of rotatable bonds is 5. The maximum Gasteiger partial charge on any atom is 0.321 e. The van der Waals surface area contributed by atoms with Crippen molar-refractivity contribution in [2.45, 2.75) is 20.3 Å². The summed E-state index contributed by atoms with van der Waals surface area (Å²) in [7, 11) is 0. The summed E-state index contributed by atoms with van der Waals surface area (Å²) in [6.07, 6.45) is 0.523. The van der Waals surface area contributed by atoms with Gasteiger partial charge in [-0.1, -0.05) is 32.0 Å². The summed E-state index contributed by atoms with van der Waals surface area (Å²) in [6, 6.07) is 17.3. The van der Waals surface area contributed by atoms with Crippen LogP contribution in [0.2, 0.25) is 0 Å². The second-order valence-electron chi connectivity index (χ2n) is 7.46. The van der Waals surface area contributed by atoms with E-state index in [1.54, 1.807) is 0 Å². The van der Waals surface area contributed by atoms with Gasteiger partial charge in [-0.05, 0) is 42.3 Å². The zero-order valence-corrected chi connectivity index (χ0v) is 16.5. The Morgan fingerprint density at radius 3 is 2.07 bits per heavy atom. The van der Waals surface area contributed by atoms with Gasteiger partial charge in [0.25, 0.3) is 0 Å².